The number of hydrogen-bond acceptors (Lipinski definition) is 8. The van der Waals surface area contributed by atoms with Gasteiger partial charge in [-0.3, -0.25) is 10.1 Å². The van der Waals surface area contributed by atoms with Gasteiger partial charge < -0.3 is 20.1 Å². The molecular formula is C16H21N5O5. The number of nitrogens with zero attached hydrogens (tertiary/aromatic N) is 4. The second-order valence-corrected chi connectivity index (χ2v) is 6.99. The molecule has 0 aliphatic carbocycles. The van der Waals surface area contributed by atoms with E-state index >= 15 is 0 Å². The lowest BCUT2D eigenvalue weighted by Crippen LogP contribution is -2.53. The topological polar surface area (TPSA) is 142 Å². The van der Waals surface area contributed by atoms with Crippen LogP contribution in [0.15, 0.2) is 12.3 Å². The van der Waals surface area contributed by atoms with Crippen molar-refractivity contribution < 1.29 is 19.6 Å². The van der Waals surface area contributed by atoms with Gasteiger partial charge in [0.25, 0.3) is 0 Å². The molecule has 1 aromatic heterocycles. The molecule has 1 aliphatic heterocycles. The van der Waals surface area contributed by atoms with Crippen molar-refractivity contribution in [2.24, 2.45) is 0 Å². The van der Waals surface area contributed by atoms with Crippen molar-refractivity contribution in [3.8, 4) is 6.07 Å². The quantitative estimate of drug-likeness (QED) is 0.610. The molecule has 0 spiro atoms. The predicted molar refractivity (Wildman–Crippen MR) is 91.4 cm³/mol. The molecule has 1 aromatic rings. The molecule has 0 radical (unpaired) electrons. The Hall–Kier alpha value is -2.93. The normalized spacial score (nSPS) is 20.2. The van der Waals surface area contributed by atoms with Gasteiger partial charge in [-0.15, -0.1) is 0 Å². The number of nitro groups is 1. The molecule has 10 nitrogen and oxygen atoms in total. The third-order valence-corrected chi connectivity index (χ3v) is 3.76. The molecule has 0 aromatic carbocycles. The van der Waals surface area contributed by atoms with Crippen LogP contribution in [0, 0.1) is 21.4 Å². The highest BCUT2D eigenvalue weighted by atomic mass is 16.6. The summed E-state index contributed by atoms with van der Waals surface area (Å²) in [5.41, 5.74) is -1.16. The van der Waals surface area contributed by atoms with Crippen molar-refractivity contribution in [3.05, 3.63) is 27.9 Å². The molecule has 140 valence electrons. The summed E-state index contributed by atoms with van der Waals surface area (Å²) in [5.74, 6) is 0.210. The molecule has 1 saturated heterocycles. The van der Waals surface area contributed by atoms with Crippen LogP contribution < -0.4 is 5.32 Å². The Kier molecular flexibility index (Phi) is 5.62. The Morgan fingerprint density at radius 2 is 2.27 bits per heavy atom. The number of rotatable bonds is 3. The fourth-order valence-electron chi connectivity index (χ4n) is 2.53. The molecule has 0 saturated carbocycles. The van der Waals surface area contributed by atoms with E-state index in [0.717, 1.165) is 6.20 Å². The van der Waals surface area contributed by atoms with Crippen molar-refractivity contribution in [2.45, 2.75) is 44.9 Å². The molecule has 0 unspecified atom stereocenters. The fraction of sp³-hybridized carbons (Fsp3) is 0.562. The van der Waals surface area contributed by atoms with Crippen molar-refractivity contribution >= 4 is 17.6 Å². The van der Waals surface area contributed by atoms with Crippen LogP contribution in [0.1, 0.15) is 32.8 Å². The minimum Gasteiger partial charge on any atom is -0.444 e. The number of nitrogens with one attached hydrogen (secondary N) is 1. The number of carbonyl (C=O) groups is 1. The van der Waals surface area contributed by atoms with E-state index in [4.69, 9.17) is 10.00 Å². The van der Waals surface area contributed by atoms with Crippen LogP contribution in [0.4, 0.5) is 16.3 Å². The molecule has 2 atom stereocenters. The van der Waals surface area contributed by atoms with Gasteiger partial charge in [0.15, 0.2) is 0 Å². The first-order valence-corrected chi connectivity index (χ1v) is 8.08. The highest BCUT2D eigenvalue weighted by Gasteiger charge is 2.33. The van der Waals surface area contributed by atoms with Crippen LogP contribution >= 0.6 is 0 Å². The summed E-state index contributed by atoms with van der Waals surface area (Å²) in [6.45, 7) is 5.83. The van der Waals surface area contributed by atoms with Gasteiger partial charge >= 0.3 is 11.8 Å². The number of ether oxygens (including phenoxy) is 1. The molecule has 1 amide bonds. The van der Waals surface area contributed by atoms with Crippen molar-refractivity contribution in [1.29, 1.82) is 5.26 Å². The van der Waals surface area contributed by atoms with Crippen LogP contribution in [0.3, 0.4) is 0 Å². The summed E-state index contributed by atoms with van der Waals surface area (Å²) in [5, 5.41) is 33.0. The van der Waals surface area contributed by atoms with Crippen LogP contribution in [0.25, 0.3) is 0 Å². The van der Waals surface area contributed by atoms with Gasteiger partial charge in [0.05, 0.1) is 17.1 Å². The summed E-state index contributed by atoms with van der Waals surface area (Å²) in [7, 11) is 0. The van der Waals surface area contributed by atoms with E-state index in [1.807, 2.05) is 0 Å². The van der Waals surface area contributed by atoms with E-state index in [9.17, 15) is 20.0 Å². The van der Waals surface area contributed by atoms with E-state index in [0.29, 0.717) is 13.0 Å². The van der Waals surface area contributed by atoms with E-state index < -0.39 is 34.5 Å². The van der Waals surface area contributed by atoms with Gasteiger partial charge in [0.1, 0.15) is 29.2 Å². The zero-order valence-electron chi connectivity index (χ0n) is 14.8. The maximum absolute atomic E-state index is 12.2. The van der Waals surface area contributed by atoms with Gasteiger partial charge in [-0.2, -0.15) is 5.26 Å². The van der Waals surface area contributed by atoms with Crippen LogP contribution in [-0.4, -0.2) is 56.8 Å². The Bertz CT molecular complexity index is 740. The molecule has 10 heteroatoms. The van der Waals surface area contributed by atoms with Gasteiger partial charge in [-0.05, 0) is 27.2 Å². The summed E-state index contributed by atoms with van der Waals surface area (Å²) in [6.07, 6.45) is 0.110. The molecule has 1 fully saturated rings. The lowest BCUT2D eigenvalue weighted by molar-refractivity contribution is -0.385. The van der Waals surface area contributed by atoms with E-state index in [2.05, 4.69) is 10.3 Å². The Balaban J connectivity index is 2.11. The summed E-state index contributed by atoms with van der Waals surface area (Å²) < 4.78 is 5.33. The first-order chi connectivity index (χ1) is 12.1. The highest BCUT2D eigenvalue weighted by molar-refractivity contribution is 5.68. The second-order valence-electron chi connectivity index (χ2n) is 6.99. The maximum atomic E-state index is 12.2. The zero-order valence-corrected chi connectivity index (χ0v) is 14.8. The average molecular weight is 363 g/mol. The molecule has 0 bridgehead atoms. The smallest absolute Gasteiger partial charge is 0.410 e. The number of nitriles is 1. The zero-order chi connectivity index (χ0) is 19.5. The first kappa shape index (κ1) is 19.4. The third kappa shape index (κ3) is 4.80. The number of anilines is 1. The standard InChI is InChI=1S/C16H21N5O5/c1-16(2,3)26-15(23)20-5-4-13(22)11(9-20)19-14-6-10(7-17)12(8-18-14)21(24)25/h6,8,11,13,22H,4-5,9H2,1-3H3,(H,18,19)/t11-,13+/m1/s1. The Labute approximate surface area is 150 Å². The fourth-order valence-corrected chi connectivity index (χ4v) is 2.53. The maximum Gasteiger partial charge on any atom is 0.410 e. The molecule has 26 heavy (non-hydrogen) atoms. The number of hydrogen-bond donors (Lipinski definition) is 2. The van der Waals surface area contributed by atoms with Crippen molar-refractivity contribution in [2.75, 3.05) is 18.4 Å². The van der Waals surface area contributed by atoms with E-state index in [1.54, 1.807) is 26.8 Å². The highest BCUT2D eigenvalue weighted by Crippen LogP contribution is 2.22. The SMILES string of the molecule is CC(C)(C)OC(=O)N1CC[C@H](O)[C@H](Nc2cc(C#N)c([N+](=O)[O-])cn2)C1. The monoisotopic (exact) mass is 363 g/mol. The number of carbonyl (C=O) groups excluding carboxylic acids is 1. The lowest BCUT2D eigenvalue weighted by Gasteiger charge is -2.37. The Morgan fingerprint density at radius 1 is 1.58 bits per heavy atom. The van der Waals surface area contributed by atoms with E-state index in [1.165, 1.54) is 11.0 Å². The molecule has 2 rings (SSSR count). The van der Waals surface area contributed by atoms with Gasteiger partial charge in [0.2, 0.25) is 0 Å². The predicted octanol–water partition coefficient (Wildman–Crippen LogP) is 1.64. The number of aromatic nitrogens is 1. The number of piperidine rings is 1. The minimum absolute atomic E-state index is 0.137. The number of amides is 1. The molecule has 1 aliphatic rings. The van der Waals surface area contributed by atoms with Crippen LogP contribution in [-0.2, 0) is 4.74 Å². The lowest BCUT2D eigenvalue weighted by atomic mass is 10.0. The van der Waals surface area contributed by atoms with E-state index in [-0.39, 0.29) is 17.9 Å². The Morgan fingerprint density at radius 3 is 2.85 bits per heavy atom. The van der Waals surface area contributed by atoms with Crippen molar-refractivity contribution in [1.82, 2.24) is 9.88 Å². The second kappa shape index (κ2) is 7.53. The number of likely N-dealkylation sites (tertiary alicyclic amines) is 1. The number of aliphatic hydroxyl groups is 1. The molecule has 2 N–H and O–H groups in total. The summed E-state index contributed by atoms with van der Waals surface area (Å²) >= 11 is 0. The molecular weight excluding hydrogens is 342 g/mol. The largest absolute Gasteiger partial charge is 0.444 e. The van der Waals surface area contributed by atoms with Crippen LogP contribution in [0.5, 0.6) is 0 Å². The van der Waals surface area contributed by atoms with Gasteiger partial charge in [-0.25, -0.2) is 9.78 Å². The van der Waals surface area contributed by atoms with Gasteiger partial charge in [-0.1, -0.05) is 0 Å². The van der Waals surface area contributed by atoms with Gasteiger partial charge in [0, 0.05) is 19.2 Å². The minimum atomic E-state index is -0.740. The average Bonchev–Trinajstić information content (AvgIpc) is 2.54. The first-order valence-electron chi connectivity index (χ1n) is 8.08. The number of aliphatic hydroxyl groups excluding tert-OH is 1. The summed E-state index contributed by atoms with van der Waals surface area (Å²) in [6, 6.07) is 2.45. The van der Waals surface area contributed by atoms with Crippen LogP contribution in [0.2, 0.25) is 0 Å². The summed E-state index contributed by atoms with van der Waals surface area (Å²) in [4.78, 5) is 27.8. The molecule has 2 heterocycles. The van der Waals surface area contributed by atoms with Crippen molar-refractivity contribution in [3.63, 3.8) is 0 Å². The number of pyridine rings is 1. The third-order valence-electron chi connectivity index (χ3n) is 3.76.